The van der Waals surface area contributed by atoms with E-state index in [1.807, 2.05) is 0 Å². The number of tetrazole rings is 1. The van der Waals surface area contributed by atoms with Crippen molar-refractivity contribution in [2.45, 2.75) is 45.3 Å². The smallest absolute Gasteiger partial charge is 0.413 e. The molecule has 4 aromatic heterocycles. The minimum atomic E-state index is -0.834. The second-order valence-corrected chi connectivity index (χ2v) is 11.0. The number of amides is 1. The van der Waals surface area contributed by atoms with Crippen molar-refractivity contribution in [3.63, 3.8) is 0 Å². The van der Waals surface area contributed by atoms with Gasteiger partial charge >= 0.3 is 6.09 Å². The standard InChI is InChI=1S/C27H24ClFN10O3/c1-27(2,3)42-26(41)35-21-8-5-15(24(29)34-21)25-30-12-18(33-25)20-7-9-22-32-17(11-23(40)39(20)22)16-10-14(28)4-6-19(16)38-13-31-36-37-38/h4-6,8,10-13,20H,7,9H2,1-3H3,(H,30,33)(H,34,35,41). The average molecular weight is 591 g/mol. The summed E-state index contributed by atoms with van der Waals surface area (Å²) in [6, 6.07) is 9.14. The normalized spacial score (nSPS) is 14.5. The molecule has 0 radical (unpaired) electrons. The number of carbonyl (C=O) groups is 1. The molecule has 0 aliphatic carbocycles. The van der Waals surface area contributed by atoms with Crippen LogP contribution >= 0.6 is 11.6 Å². The van der Waals surface area contributed by atoms with Gasteiger partial charge in [-0.3, -0.25) is 14.7 Å². The van der Waals surface area contributed by atoms with Crippen molar-refractivity contribution in [1.82, 2.24) is 44.7 Å². The van der Waals surface area contributed by atoms with E-state index < -0.39 is 17.6 Å². The number of aromatic nitrogens is 9. The third-order valence-electron chi connectivity index (χ3n) is 6.50. The molecule has 13 nitrogen and oxygen atoms in total. The number of aromatic amines is 1. The molecule has 1 aliphatic rings. The molecule has 0 saturated heterocycles. The lowest BCUT2D eigenvalue weighted by atomic mass is 10.1. The zero-order valence-electron chi connectivity index (χ0n) is 22.7. The Morgan fingerprint density at radius 3 is 2.74 bits per heavy atom. The van der Waals surface area contributed by atoms with Gasteiger partial charge in [-0.2, -0.15) is 9.07 Å². The summed E-state index contributed by atoms with van der Waals surface area (Å²) in [4.78, 5) is 41.5. The fraction of sp³-hybridized carbons (Fsp3) is 0.259. The maximum atomic E-state index is 14.9. The lowest BCUT2D eigenvalue weighted by molar-refractivity contribution is 0.0635. The van der Waals surface area contributed by atoms with E-state index in [1.54, 1.807) is 49.7 Å². The van der Waals surface area contributed by atoms with Gasteiger partial charge in [0.05, 0.1) is 34.9 Å². The van der Waals surface area contributed by atoms with Gasteiger partial charge in [0.2, 0.25) is 5.95 Å². The van der Waals surface area contributed by atoms with Crippen molar-refractivity contribution in [3.05, 3.63) is 81.8 Å². The first kappa shape index (κ1) is 27.2. The fourth-order valence-electron chi connectivity index (χ4n) is 4.79. The molecule has 0 fully saturated rings. The van der Waals surface area contributed by atoms with Crippen LogP contribution in [0.4, 0.5) is 15.0 Å². The molecule has 0 bridgehead atoms. The van der Waals surface area contributed by atoms with Gasteiger partial charge < -0.3 is 9.72 Å². The SMILES string of the molecule is CC(C)(C)OC(=O)Nc1ccc(-c2ncc(C3CCc4nc(-c5cc(Cl)ccc5-n5cnnn5)cc(=O)n43)[nH]2)c(F)n1. The molecule has 214 valence electrons. The Morgan fingerprint density at radius 2 is 2.00 bits per heavy atom. The number of benzene rings is 1. The summed E-state index contributed by atoms with van der Waals surface area (Å²) in [6.45, 7) is 5.16. The highest BCUT2D eigenvalue weighted by molar-refractivity contribution is 6.31. The van der Waals surface area contributed by atoms with Crippen molar-refractivity contribution >= 4 is 23.5 Å². The summed E-state index contributed by atoms with van der Waals surface area (Å²) in [5, 5.41) is 14.2. The van der Waals surface area contributed by atoms with Gasteiger partial charge in [0.25, 0.3) is 5.56 Å². The van der Waals surface area contributed by atoms with Crippen LogP contribution in [0.2, 0.25) is 5.02 Å². The summed E-state index contributed by atoms with van der Waals surface area (Å²) in [7, 11) is 0. The number of rotatable bonds is 5. The zero-order valence-corrected chi connectivity index (χ0v) is 23.4. The Morgan fingerprint density at radius 1 is 1.17 bits per heavy atom. The van der Waals surface area contributed by atoms with E-state index in [4.69, 9.17) is 21.3 Å². The van der Waals surface area contributed by atoms with Crippen LogP contribution in [0.3, 0.4) is 0 Å². The van der Waals surface area contributed by atoms with Crippen molar-refractivity contribution in [2.75, 3.05) is 5.32 Å². The molecule has 42 heavy (non-hydrogen) atoms. The fourth-order valence-corrected chi connectivity index (χ4v) is 4.96. The molecule has 1 aliphatic heterocycles. The van der Waals surface area contributed by atoms with E-state index in [0.717, 1.165) is 0 Å². The van der Waals surface area contributed by atoms with Crippen LogP contribution in [0.15, 0.2) is 53.7 Å². The molecule has 1 aromatic carbocycles. The Bertz CT molecular complexity index is 1860. The number of H-pyrrole nitrogens is 1. The monoisotopic (exact) mass is 590 g/mol. The lowest BCUT2D eigenvalue weighted by Gasteiger charge is -2.19. The number of aryl methyl sites for hydroxylation is 1. The molecular formula is C27H24ClFN10O3. The van der Waals surface area contributed by atoms with Crippen LogP contribution in [0.1, 0.15) is 44.8 Å². The van der Waals surface area contributed by atoms with Gasteiger partial charge in [-0.1, -0.05) is 11.6 Å². The second kappa shape index (κ2) is 10.4. The molecule has 0 spiro atoms. The molecular weight excluding hydrogens is 567 g/mol. The van der Waals surface area contributed by atoms with Crippen molar-refractivity contribution in [1.29, 1.82) is 0 Å². The number of imidazole rings is 1. The predicted octanol–water partition coefficient (Wildman–Crippen LogP) is 4.35. The minimum Gasteiger partial charge on any atom is -0.444 e. The Labute approximate surface area is 242 Å². The van der Waals surface area contributed by atoms with Gasteiger partial charge in [0, 0.05) is 23.1 Å². The molecule has 1 amide bonds. The molecule has 5 aromatic rings. The van der Waals surface area contributed by atoms with Crippen LogP contribution in [-0.4, -0.2) is 56.4 Å². The summed E-state index contributed by atoms with van der Waals surface area (Å²) in [6.07, 6.45) is 3.38. The third kappa shape index (κ3) is 5.35. The highest BCUT2D eigenvalue weighted by Crippen LogP contribution is 2.33. The number of hydrogen-bond donors (Lipinski definition) is 2. The third-order valence-corrected chi connectivity index (χ3v) is 6.73. The van der Waals surface area contributed by atoms with Crippen LogP contribution in [0, 0.1) is 5.95 Å². The Hall–Kier alpha value is -4.98. The van der Waals surface area contributed by atoms with E-state index >= 15 is 0 Å². The van der Waals surface area contributed by atoms with Crippen LogP contribution in [0.25, 0.3) is 28.3 Å². The van der Waals surface area contributed by atoms with Gasteiger partial charge in [-0.25, -0.2) is 19.7 Å². The topological polar surface area (TPSA) is 158 Å². The van der Waals surface area contributed by atoms with E-state index in [0.29, 0.717) is 46.3 Å². The first-order valence-corrected chi connectivity index (χ1v) is 13.3. The zero-order chi connectivity index (χ0) is 29.6. The number of pyridine rings is 1. The van der Waals surface area contributed by atoms with E-state index in [2.05, 4.69) is 35.8 Å². The summed E-state index contributed by atoms with van der Waals surface area (Å²) in [5.74, 6) is -0.0142. The highest BCUT2D eigenvalue weighted by atomic mass is 35.5. The molecule has 15 heteroatoms. The lowest BCUT2D eigenvalue weighted by Crippen LogP contribution is -2.27. The quantitative estimate of drug-likeness (QED) is 0.284. The van der Waals surface area contributed by atoms with E-state index in [-0.39, 0.29) is 28.8 Å². The minimum absolute atomic E-state index is 0.00151. The summed E-state index contributed by atoms with van der Waals surface area (Å²) < 4.78 is 23.2. The van der Waals surface area contributed by atoms with Crippen molar-refractivity contribution < 1.29 is 13.9 Å². The van der Waals surface area contributed by atoms with E-state index in [1.165, 1.54) is 29.2 Å². The van der Waals surface area contributed by atoms with E-state index in [9.17, 15) is 14.0 Å². The summed E-state index contributed by atoms with van der Waals surface area (Å²) >= 11 is 6.27. The Kier molecular flexibility index (Phi) is 6.77. The molecule has 1 atom stereocenters. The number of hydrogen-bond acceptors (Lipinski definition) is 9. The van der Waals surface area contributed by atoms with Crippen LogP contribution in [-0.2, 0) is 11.2 Å². The van der Waals surface area contributed by atoms with Gasteiger partial charge in [0.15, 0.2) is 0 Å². The number of ether oxygens (including phenoxy) is 1. The van der Waals surface area contributed by atoms with Gasteiger partial charge in [-0.05, 0) is 68.0 Å². The number of fused-ring (bicyclic) bond motifs is 1. The average Bonchev–Trinajstić information content (AvgIpc) is 3.68. The molecule has 0 saturated carbocycles. The number of carbonyl (C=O) groups excluding carboxylic acids is 1. The van der Waals surface area contributed by atoms with Crippen LogP contribution in [0.5, 0.6) is 0 Å². The number of nitrogens with one attached hydrogen (secondary N) is 2. The maximum absolute atomic E-state index is 14.9. The first-order valence-electron chi connectivity index (χ1n) is 12.9. The number of halogens is 2. The molecule has 2 N–H and O–H groups in total. The van der Waals surface area contributed by atoms with Gasteiger partial charge in [0.1, 0.15) is 29.4 Å². The van der Waals surface area contributed by atoms with Crippen molar-refractivity contribution in [2.24, 2.45) is 0 Å². The van der Waals surface area contributed by atoms with Crippen LogP contribution < -0.4 is 10.9 Å². The summed E-state index contributed by atoms with van der Waals surface area (Å²) in [5.41, 5.74) is 1.42. The molecule has 6 rings (SSSR count). The first-order chi connectivity index (χ1) is 20.1. The number of anilines is 1. The highest BCUT2D eigenvalue weighted by Gasteiger charge is 2.29. The largest absolute Gasteiger partial charge is 0.444 e. The van der Waals surface area contributed by atoms with Crippen molar-refractivity contribution in [3.8, 4) is 28.3 Å². The molecule has 5 heterocycles. The maximum Gasteiger partial charge on any atom is 0.413 e. The number of nitrogens with zero attached hydrogens (tertiary/aromatic N) is 8. The van der Waals surface area contributed by atoms with Gasteiger partial charge in [-0.15, -0.1) is 5.10 Å². The predicted molar refractivity (Wildman–Crippen MR) is 150 cm³/mol. The molecule has 1 unspecified atom stereocenters. The Balaban J connectivity index is 1.27. The second-order valence-electron chi connectivity index (χ2n) is 10.6.